The van der Waals surface area contributed by atoms with Gasteiger partial charge < -0.3 is 14.7 Å². The number of aryl methyl sites for hydroxylation is 1. The number of carbonyl (C=O) groups is 1. The molecule has 3 heterocycles. The highest BCUT2D eigenvalue weighted by molar-refractivity contribution is 5.65. The van der Waals surface area contributed by atoms with Gasteiger partial charge >= 0.3 is 6.09 Å². The molecule has 2 fully saturated rings. The van der Waals surface area contributed by atoms with Crippen molar-refractivity contribution >= 4 is 6.09 Å². The predicted molar refractivity (Wildman–Crippen MR) is 71.6 cm³/mol. The Bertz CT molecular complexity index is 534. The van der Waals surface area contributed by atoms with Gasteiger partial charge in [0.15, 0.2) is 0 Å². The Balaban J connectivity index is 1.84. The maximum Gasteiger partial charge on any atom is 0.407 e. The lowest BCUT2D eigenvalue weighted by molar-refractivity contribution is 0.131. The zero-order chi connectivity index (χ0) is 14.3. The fourth-order valence-corrected chi connectivity index (χ4v) is 2.81. The van der Waals surface area contributed by atoms with Crippen molar-refractivity contribution in [3.63, 3.8) is 0 Å². The van der Waals surface area contributed by atoms with E-state index in [1.165, 1.54) is 4.90 Å². The normalized spacial score (nSPS) is 26.6. The van der Waals surface area contributed by atoms with Crippen LogP contribution in [0.2, 0.25) is 0 Å². The molecule has 20 heavy (non-hydrogen) atoms. The fraction of sp³-hybridized carbons (Fsp3) is 0.643. The summed E-state index contributed by atoms with van der Waals surface area (Å²) in [5.74, 6) is 1.05. The van der Waals surface area contributed by atoms with Crippen molar-refractivity contribution in [2.75, 3.05) is 19.7 Å². The molecule has 1 amide bonds. The smallest absolute Gasteiger partial charge is 0.407 e. The third-order valence-corrected chi connectivity index (χ3v) is 4.24. The summed E-state index contributed by atoms with van der Waals surface area (Å²) < 4.78 is 5.53. The number of likely N-dealkylation sites (tertiary alicyclic amines) is 1. The molecule has 3 rings (SSSR count). The molecule has 1 N–H and O–H groups in total. The first-order valence-corrected chi connectivity index (χ1v) is 6.95. The van der Waals surface area contributed by atoms with Crippen LogP contribution in [0.5, 0.6) is 0 Å². The van der Waals surface area contributed by atoms with E-state index in [0.29, 0.717) is 25.6 Å². The van der Waals surface area contributed by atoms with Crippen LogP contribution < -0.4 is 0 Å². The molecule has 1 aromatic rings. The van der Waals surface area contributed by atoms with Crippen LogP contribution in [0.1, 0.15) is 42.8 Å². The molecule has 0 spiro atoms. The van der Waals surface area contributed by atoms with E-state index in [-0.39, 0.29) is 5.60 Å². The van der Waals surface area contributed by atoms with Crippen LogP contribution in [-0.2, 0) is 10.3 Å². The summed E-state index contributed by atoms with van der Waals surface area (Å²) >= 11 is 0. The number of ether oxygens (including phenoxy) is 1. The van der Waals surface area contributed by atoms with Gasteiger partial charge in [-0.15, -0.1) is 0 Å². The Morgan fingerprint density at radius 2 is 2.15 bits per heavy atom. The highest BCUT2D eigenvalue weighted by Crippen LogP contribution is 2.42. The van der Waals surface area contributed by atoms with Gasteiger partial charge in [-0.25, -0.2) is 14.8 Å². The third-order valence-electron chi connectivity index (χ3n) is 4.24. The van der Waals surface area contributed by atoms with E-state index in [4.69, 9.17) is 9.84 Å². The van der Waals surface area contributed by atoms with E-state index in [1.807, 2.05) is 13.1 Å². The minimum atomic E-state index is -0.833. The first-order valence-electron chi connectivity index (χ1n) is 6.95. The summed E-state index contributed by atoms with van der Waals surface area (Å²) in [6.07, 6.45) is 2.66. The van der Waals surface area contributed by atoms with Crippen LogP contribution in [-0.4, -0.2) is 45.8 Å². The average molecular weight is 277 g/mol. The average Bonchev–Trinajstić information content (AvgIpc) is 3.17. The molecule has 6 nitrogen and oxygen atoms in total. The predicted octanol–water partition coefficient (Wildman–Crippen LogP) is 1.89. The van der Waals surface area contributed by atoms with E-state index in [1.54, 1.807) is 0 Å². The second-order valence-electron chi connectivity index (χ2n) is 5.78. The Hall–Kier alpha value is -1.69. The van der Waals surface area contributed by atoms with Crippen LogP contribution in [0.4, 0.5) is 4.79 Å². The highest BCUT2D eigenvalue weighted by atomic mass is 16.6. The standard InChI is InChI=1S/C14H19N3O3/c1-9-15-7-11(14(2)8-20-14)12(16-9)10-3-5-17(6-4-10)13(18)19/h7,10H,3-6,8H2,1-2H3,(H,18,19). The molecule has 0 aromatic carbocycles. The SMILES string of the molecule is Cc1ncc(C2(C)CO2)c(C2CCN(C(=O)O)CC2)n1. The maximum atomic E-state index is 11.0. The molecule has 108 valence electrons. The van der Waals surface area contributed by atoms with Crippen molar-refractivity contribution in [3.05, 3.63) is 23.3 Å². The van der Waals surface area contributed by atoms with Crippen molar-refractivity contribution < 1.29 is 14.6 Å². The van der Waals surface area contributed by atoms with Crippen molar-refractivity contribution in [2.45, 2.75) is 38.2 Å². The van der Waals surface area contributed by atoms with E-state index in [2.05, 4.69) is 16.9 Å². The molecule has 1 unspecified atom stereocenters. The molecule has 0 aliphatic carbocycles. The lowest BCUT2D eigenvalue weighted by atomic mass is 9.87. The number of carboxylic acid groups (broad SMARTS) is 1. The number of hydrogen-bond acceptors (Lipinski definition) is 4. The van der Waals surface area contributed by atoms with E-state index < -0.39 is 6.09 Å². The quantitative estimate of drug-likeness (QED) is 0.835. The number of hydrogen-bond donors (Lipinski definition) is 1. The first-order chi connectivity index (χ1) is 9.49. The molecular weight excluding hydrogens is 258 g/mol. The highest BCUT2D eigenvalue weighted by Gasteiger charge is 2.44. The van der Waals surface area contributed by atoms with Crippen molar-refractivity contribution in [1.82, 2.24) is 14.9 Å². The molecule has 0 saturated carbocycles. The van der Waals surface area contributed by atoms with Crippen LogP contribution in [0.3, 0.4) is 0 Å². The number of rotatable bonds is 2. The Kier molecular flexibility index (Phi) is 3.12. The van der Waals surface area contributed by atoms with Gasteiger partial charge in [0.25, 0.3) is 0 Å². The first kappa shape index (κ1) is 13.3. The summed E-state index contributed by atoms with van der Waals surface area (Å²) in [6.45, 7) is 5.78. The lowest BCUT2D eigenvalue weighted by Gasteiger charge is -2.31. The second-order valence-corrected chi connectivity index (χ2v) is 5.78. The summed E-state index contributed by atoms with van der Waals surface area (Å²) in [6, 6.07) is 0. The van der Waals surface area contributed by atoms with Gasteiger partial charge in [0, 0.05) is 30.8 Å². The maximum absolute atomic E-state index is 11.0. The van der Waals surface area contributed by atoms with Crippen LogP contribution >= 0.6 is 0 Å². The minimum Gasteiger partial charge on any atom is -0.465 e. The Labute approximate surface area is 117 Å². The molecule has 2 saturated heterocycles. The fourth-order valence-electron chi connectivity index (χ4n) is 2.81. The van der Waals surface area contributed by atoms with Gasteiger partial charge in [0.1, 0.15) is 11.4 Å². The van der Waals surface area contributed by atoms with Gasteiger partial charge in [-0.1, -0.05) is 0 Å². The van der Waals surface area contributed by atoms with Crippen molar-refractivity contribution in [3.8, 4) is 0 Å². The summed E-state index contributed by atoms with van der Waals surface area (Å²) in [4.78, 5) is 21.3. The number of aromatic nitrogens is 2. The van der Waals surface area contributed by atoms with E-state index >= 15 is 0 Å². The molecule has 1 aromatic heterocycles. The van der Waals surface area contributed by atoms with E-state index in [9.17, 15) is 4.79 Å². The monoisotopic (exact) mass is 277 g/mol. The summed E-state index contributed by atoms with van der Waals surface area (Å²) in [5.41, 5.74) is 1.87. The van der Waals surface area contributed by atoms with Gasteiger partial charge in [-0.05, 0) is 26.7 Å². The van der Waals surface area contributed by atoms with Gasteiger partial charge in [0.05, 0.1) is 12.3 Å². The molecule has 0 radical (unpaired) electrons. The van der Waals surface area contributed by atoms with Crippen molar-refractivity contribution in [2.24, 2.45) is 0 Å². The molecule has 2 aliphatic rings. The van der Waals surface area contributed by atoms with Crippen LogP contribution in [0.15, 0.2) is 6.20 Å². The number of epoxide rings is 1. The van der Waals surface area contributed by atoms with E-state index in [0.717, 1.165) is 29.9 Å². The van der Waals surface area contributed by atoms with Crippen LogP contribution in [0.25, 0.3) is 0 Å². The zero-order valence-electron chi connectivity index (χ0n) is 11.8. The van der Waals surface area contributed by atoms with Crippen LogP contribution in [0, 0.1) is 6.92 Å². The zero-order valence-corrected chi connectivity index (χ0v) is 11.8. The number of nitrogens with zero attached hydrogens (tertiary/aromatic N) is 3. The van der Waals surface area contributed by atoms with Gasteiger partial charge in [-0.3, -0.25) is 0 Å². The lowest BCUT2D eigenvalue weighted by Crippen LogP contribution is -2.37. The van der Waals surface area contributed by atoms with Gasteiger partial charge in [0.2, 0.25) is 0 Å². The molecular formula is C14H19N3O3. The molecule has 6 heteroatoms. The Morgan fingerprint density at radius 1 is 1.50 bits per heavy atom. The number of piperidine rings is 1. The second kappa shape index (κ2) is 4.70. The summed E-state index contributed by atoms with van der Waals surface area (Å²) in [5, 5.41) is 9.01. The minimum absolute atomic E-state index is 0.243. The molecule has 1 atom stereocenters. The largest absolute Gasteiger partial charge is 0.465 e. The number of amides is 1. The third kappa shape index (κ3) is 2.35. The summed E-state index contributed by atoms with van der Waals surface area (Å²) in [7, 11) is 0. The Morgan fingerprint density at radius 3 is 2.70 bits per heavy atom. The van der Waals surface area contributed by atoms with Crippen molar-refractivity contribution in [1.29, 1.82) is 0 Å². The molecule has 0 bridgehead atoms. The van der Waals surface area contributed by atoms with Gasteiger partial charge in [-0.2, -0.15) is 0 Å². The molecule has 2 aliphatic heterocycles. The topological polar surface area (TPSA) is 78.9 Å².